The van der Waals surface area contributed by atoms with Crippen molar-refractivity contribution in [3.63, 3.8) is 0 Å². The second kappa shape index (κ2) is 18.2. The second-order valence-electron chi connectivity index (χ2n) is 14.2. The summed E-state index contributed by atoms with van der Waals surface area (Å²) in [6.45, 7) is 1.59. The maximum atomic E-state index is 12.0. The maximum absolute atomic E-state index is 12.0. The van der Waals surface area contributed by atoms with Gasteiger partial charge in [-0.05, 0) is 83.0 Å². The highest BCUT2D eigenvalue weighted by Gasteiger charge is 2.11. The number of amides is 2. The summed E-state index contributed by atoms with van der Waals surface area (Å²) in [7, 11) is 0. The number of alkyl carbamates (subject to hydrolysis) is 2. The lowest BCUT2D eigenvalue weighted by atomic mass is 9.99. The van der Waals surface area contributed by atoms with Crippen LogP contribution < -0.4 is 10.6 Å². The first-order chi connectivity index (χ1) is 28.5. The number of unbranched alkanes of at least 4 members (excludes halogenated alkanes) is 2. The standard InChI is InChI=1S/C46H44N8O4/c55-45(57-29-31-11-3-1-4-12-31)47-21-9-7-15-41-51-39-25-37(27-49-43(39)53-41)35-19-17-34-24-36(20-18-33(34)23-35)38-26-40-44(50-28-38)54-42(52-40)16-8-10-22-48-46(56)58-30-32-13-5-2-6-14-32/h1-6,11-14,17-20,23-28H,7-10,15-16,21-22,29-30H2,(H,47,55)(H,48,56)(H,49,51,53)(H,50,52,54). The number of aryl methyl sites for hydroxylation is 2. The summed E-state index contributed by atoms with van der Waals surface area (Å²) in [5, 5.41) is 7.89. The maximum Gasteiger partial charge on any atom is 0.407 e. The number of pyridine rings is 2. The third-order valence-electron chi connectivity index (χ3n) is 9.92. The number of rotatable bonds is 16. The monoisotopic (exact) mass is 772 g/mol. The molecule has 292 valence electrons. The van der Waals surface area contributed by atoms with Crippen molar-refractivity contribution in [1.82, 2.24) is 40.5 Å². The van der Waals surface area contributed by atoms with Crippen molar-refractivity contribution in [2.24, 2.45) is 0 Å². The molecule has 0 spiro atoms. The van der Waals surface area contributed by atoms with E-state index in [2.05, 4.69) is 89.1 Å². The van der Waals surface area contributed by atoms with E-state index in [9.17, 15) is 9.59 Å². The van der Waals surface area contributed by atoms with Gasteiger partial charge < -0.3 is 30.1 Å². The first-order valence-corrected chi connectivity index (χ1v) is 19.7. The predicted molar refractivity (Wildman–Crippen MR) is 225 cm³/mol. The van der Waals surface area contributed by atoms with Crippen LogP contribution in [0.2, 0.25) is 0 Å². The molecule has 4 aromatic carbocycles. The molecule has 0 saturated carbocycles. The number of fused-ring (bicyclic) bond motifs is 3. The van der Waals surface area contributed by atoms with E-state index in [0.29, 0.717) is 24.4 Å². The highest BCUT2D eigenvalue weighted by atomic mass is 16.6. The smallest absolute Gasteiger partial charge is 0.407 e. The summed E-state index contributed by atoms with van der Waals surface area (Å²) in [5.74, 6) is 1.75. The van der Waals surface area contributed by atoms with Crippen molar-refractivity contribution in [3.8, 4) is 22.3 Å². The number of carbonyl (C=O) groups excluding carboxylic acids is 2. The fourth-order valence-electron chi connectivity index (χ4n) is 6.82. The van der Waals surface area contributed by atoms with Gasteiger partial charge in [0, 0.05) is 49.5 Å². The molecule has 0 radical (unpaired) electrons. The highest BCUT2D eigenvalue weighted by Crippen LogP contribution is 2.30. The van der Waals surface area contributed by atoms with E-state index < -0.39 is 12.2 Å². The van der Waals surface area contributed by atoms with Gasteiger partial charge in [0.25, 0.3) is 0 Å². The van der Waals surface area contributed by atoms with Crippen LogP contribution in [0.1, 0.15) is 48.5 Å². The SMILES string of the molecule is O=C(NCCCCc1nc2ncc(-c3ccc4cc(-c5cnc6nc(CCCCNC(=O)OCc7ccccc7)[nH]c6c5)ccc4c3)cc2[nH]1)OCc1ccccc1. The molecule has 12 nitrogen and oxygen atoms in total. The molecule has 12 heteroatoms. The van der Waals surface area contributed by atoms with Gasteiger partial charge in [-0.15, -0.1) is 0 Å². The number of carbonyl (C=O) groups is 2. The molecule has 0 unspecified atom stereocenters. The quantitative estimate of drug-likeness (QED) is 0.0708. The Morgan fingerprint density at radius 2 is 0.966 bits per heavy atom. The van der Waals surface area contributed by atoms with Crippen LogP contribution in [0.25, 0.3) is 55.4 Å². The van der Waals surface area contributed by atoms with Gasteiger partial charge in [-0.2, -0.15) is 0 Å². The molecule has 0 bridgehead atoms. The molecule has 2 amide bonds. The zero-order valence-electron chi connectivity index (χ0n) is 32.0. The Hall–Kier alpha value is -7.08. The third kappa shape index (κ3) is 9.83. The van der Waals surface area contributed by atoms with Crippen LogP contribution in [0.5, 0.6) is 0 Å². The number of nitrogens with one attached hydrogen (secondary N) is 4. The molecular formula is C46H44N8O4. The molecule has 4 heterocycles. The molecule has 0 saturated heterocycles. The van der Waals surface area contributed by atoms with Gasteiger partial charge in [0.1, 0.15) is 24.9 Å². The average molecular weight is 773 g/mol. The summed E-state index contributed by atoms with van der Waals surface area (Å²) < 4.78 is 10.6. The minimum absolute atomic E-state index is 0.256. The van der Waals surface area contributed by atoms with Crippen LogP contribution in [-0.4, -0.2) is 55.2 Å². The Morgan fingerprint density at radius 3 is 1.41 bits per heavy atom. The normalized spacial score (nSPS) is 11.2. The Labute approximate surface area is 335 Å². The molecule has 0 fully saturated rings. The van der Waals surface area contributed by atoms with E-state index in [1.807, 2.05) is 73.1 Å². The summed E-state index contributed by atoms with van der Waals surface area (Å²) in [6.07, 6.45) is 7.77. The van der Waals surface area contributed by atoms with Crippen LogP contribution >= 0.6 is 0 Å². The van der Waals surface area contributed by atoms with E-state index >= 15 is 0 Å². The Morgan fingerprint density at radius 1 is 0.517 bits per heavy atom. The molecule has 8 rings (SSSR count). The summed E-state index contributed by atoms with van der Waals surface area (Å²) in [4.78, 5) is 49.5. The van der Waals surface area contributed by atoms with E-state index in [-0.39, 0.29) is 13.2 Å². The number of H-pyrrole nitrogens is 2. The molecule has 0 aliphatic heterocycles. The summed E-state index contributed by atoms with van der Waals surface area (Å²) in [6, 6.07) is 36.3. The van der Waals surface area contributed by atoms with E-state index in [1.54, 1.807) is 0 Å². The highest BCUT2D eigenvalue weighted by molar-refractivity contribution is 5.92. The lowest BCUT2D eigenvalue weighted by molar-refractivity contribution is 0.138. The zero-order valence-corrected chi connectivity index (χ0v) is 32.0. The van der Waals surface area contributed by atoms with Crippen molar-refractivity contribution in [2.45, 2.75) is 51.7 Å². The van der Waals surface area contributed by atoms with Crippen molar-refractivity contribution in [3.05, 3.63) is 144 Å². The Bertz CT molecular complexity index is 2460. The van der Waals surface area contributed by atoms with Crippen LogP contribution in [0.4, 0.5) is 9.59 Å². The zero-order chi connectivity index (χ0) is 39.5. The van der Waals surface area contributed by atoms with Crippen molar-refractivity contribution < 1.29 is 19.1 Å². The fourth-order valence-corrected chi connectivity index (χ4v) is 6.82. The lowest BCUT2D eigenvalue weighted by Crippen LogP contribution is -2.25. The second-order valence-corrected chi connectivity index (χ2v) is 14.2. The van der Waals surface area contributed by atoms with Crippen LogP contribution in [0.15, 0.2) is 122 Å². The van der Waals surface area contributed by atoms with Crippen LogP contribution in [-0.2, 0) is 35.5 Å². The predicted octanol–water partition coefficient (Wildman–Crippen LogP) is 9.21. The molecule has 0 aliphatic rings. The van der Waals surface area contributed by atoms with Gasteiger partial charge in [0.05, 0.1) is 11.0 Å². The summed E-state index contributed by atoms with van der Waals surface area (Å²) >= 11 is 0. The van der Waals surface area contributed by atoms with Crippen LogP contribution in [0.3, 0.4) is 0 Å². The van der Waals surface area contributed by atoms with Crippen molar-refractivity contribution in [1.29, 1.82) is 0 Å². The summed E-state index contributed by atoms with van der Waals surface area (Å²) in [5.41, 5.74) is 9.24. The molecule has 4 aromatic heterocycles. The lowest BCUT2D eigenvalue weighted by Gasteiger charge is -2.07. The van der Waals surface area contributed by atoms with Gasteiger partial charge in [-0.25, -0.2) is 29.5 Å². The topological polar surface area (TPSA) is 160 Å². The Kier molecular flexibility index (Phi) is 11.9. The Balaban J connectivity index is 0.812. The molecule has 58 heavy (non-hydrogen) atoms. The van der Waals surface area contributed by atoms with Crippen LogP contribution in [0, 0.1) is 0 Å². The van der Waals surface area contributed by atoms with Gasteiger partial charge in [-0.3, -0.25) is 0 Å². The number of hydrogen-bond donors (Lipinski definition) is 4. The molecular weight excluding hydrogens is 729 g/mol. The number of aromatic amines is 2. The fraction of sp³-hybridized carbons (Fsp3) is 0.217. The van der Waals surface area contributed by atoms with Crippen molar-refractivity contribution >= 4 is 45.3 Å². The van der Waals surface area contributed by atoms with Gasteiger partial charge in [-0.1, -0.05) is 84.9 Å². The minimum atomic E-state index is -0.409. The first-order valence-electron chi connectivity index (χ1n) is 19.7. The number of ether oxygens (including phenoxy) is 2. The van der Waals surface area contributed by atoms with E-state index in [1.165, 1.54) is 0 Å². The average Bonchev–Trinajstić information content (AvgIpc) is 3.88. The van der Waals surface area contributed by atoms with Crippen molar-refractivity contribution in [2.75, 3.05) is 13.1 Å². The van der Waals surface area contributed by atoms with E-state index in [4.69, 9.17) is 9.47 Å². The number of imidazole rings is 2. The largest absolute Gasteiger partial charge is 0.445 e. The number of benzene rings is 4. The molecule has 0 atom stereocenters. The van der Waals surface area contributed by atoms with Gasteiger partial charge >= 0.3 is 12.2 Å². The third-order valence-corrected chi connectivity index (χ3v) is 9.92. The first kappa shape index (κ1) is 37.8. The number of hydrogen-bond acceptors (Lipinski definition) is 8. The number of nitrogens with zero attached hydrogens (tertiary/aromatic N) is 4. The molecule has 4 N–H and O–H groups in total. The molecule has 8 aromatic rings. The minimum Gasteiger partial charge on any atom is -0.445 e. The van der Waals surface area contributed by atoms with E-state index in [0.717, 1.165) is 105 Å². The van der Waals surface area contributed by atoms with Gasteiger partial charge in [0.2, 0.25) is 0 Å². The number of aromatic nitrogens is 6. The van der Waals surface area contributed by atoms with Gasteiger partial charge in [0.15, 0.2) is 11.3 Å². The molecule has 0 aliphatic carbocycles.